The van der Waals surface area contributed by atoms with Crippen molar-refractivity contribution < 1.29 is 9.47 Å². The zero-order valence-corrected chi connectivity index (χ0v) is 22.7. The monoisotopic (exact) mass is 495 g/mol. The smallest absolute Gasteiger partial charge is 0.160 e. The Hall–Kier alpha value is -1.01. The van der Waals surface area contributed by atoms with E-state index >= 15 is 0 Å². The van der Waals surface area contributed by atoms with Crippen LogP contribution in [0.25, 0.3) is 0 Å². The fourth-order valence-corrected chi connectivity index (χ4v) is 7.86. The number of hydrogen-bond acceptors (Lipinski definition) is 5. The molecule has 0 N–H and O–H groups in total. The molecule has 0 unspecified atom stereocenters. The lowest BCUT2D eigenvalue weighted by Crippen LogP contribution is -2.46. The minimum atomic E-state index is 0. The summed E-state index contributed by atoms with van der Waals surface area (Å²) in [7, 11) is 5.64. The Balaban J connectivity index is 0.00000363. The molecular formula is C26H38ClNO2S2. The fraction of sp³-hybridized carbons (Fsp3) is 0.538. The van der Waals surface area contributed by atoms with Crippen LogP contribution < -0.4 is 9.47 Å². The largest absolute Gasteiger partial charge is 0.493 e. The minimum absolute atomic E-state index is 0. The van der Waals surface area contributed by atoms with Crippen LogP contribution in [0.3, 0.4) is 0 Å². The van der Waals surface area contributed by atoms with Crippen molar-refractivity contribution in [1.82, 2.24) is 4.90 Å². The Morgan fingerprint density at radius 1 is 0.969 bits per heavy atom. The second-order valence-electron chi connectivity index (χ2n) is 9.02. The molecule has 2 aromatic carbocycles. The molecule has 0 spiro atoms. The maximum Gasteiger partial charge on any atom is 0.160 e. The maximum absolute atomic E-state index is 5.48. The van der Waals surface area contributed by atoms with E-state index in [1.54, 1.807) is 14.2 Å². The molecule has 0 bridgehead atoms. The van der Waals surface area contributed by atoms with Gasteiger partial charge in [-0.1, -0.05) is 35.9 Å². The number of ether oxygens (including phenoxy) is 2. The van der Waals surface area contributed by atoms with Crippen LogP contribution in [-0.2, 0) is 10.5 Å². The molecule has 0 saturated carbocycles. The minimum Gasteiger partial charge on any atom is -0.493 e. The average molecular weight is 496 g/mol. The predicted molar refractivity (Wildman–Crippen MR) is 144 cm³/mol. The van der Waals surface area contributed by atoms with Crippen molar-refractivity contribution in [2.24, 2.45) is 0 Å². The highest BCUT2D eigenvalue weighted by Crippen LogP contribution is 2.55. The summed E-state index contributed by atoms with van der Waals surface area (Å²) in [4.78, 5) is 2.52. The summed E-state index contributed by atoms with van der Waals surface area (Å²) in [6, 6.07) is 15.5. The van der Waals surface area contributed by atoms with E-state index in [-0.39, 0.29) is 22.0 Å². The summed E-state index contributed by atoms with van der Waals surface area (Å²) in [5.74, 6) is 4.07. The molecule has 0 aliphatic carbocycles. The first-order valence-electron chi connectivity index (χ1n) is 11.1. The number of methoxy groups -OCH3 is 2. The number of hydrogen-bond donors (Lipinski definition) is 0. The standard InChI is InChI=1S/C26H37NO2S2.ClH/c1-20-8-11-22(12-9-20)26(30-16-7-17-31-26)19-25(2,3)27(4)15-14-21-10-13-23(28-5)24(18-21)29-6;/h8-13,18H,7,14-17,19H2,1-6H3;1H. The molecule has 0 aromatic heterocycles. The van der Waals surface area contributed by atoms with E-state index in [4.69, 9.17) is 9.47 Å². The van der Waals surface area contributed by atoms with Gasteiger partial charge in [0.15, 0.2) is 11.5 Å². The summed E-state index contributed by atoms with van der Waals surface area (Å²) in [6.45, 7) is 7.96. The van der Waals surface area contributed by atoms with Gasteiger partial charge in [0.05, 0.1) is 18.3 Å². The number of benzene rings is 2. The lowest BCUT2D eigenvalue weighted by atomic mass is 9.92. The average Bonchev–Trinajstić information content (AvgIpc) is 2.77. The Kier molecular flexibility index (Phi) is 10.1. The van der Waals surface area contributed by atoms with E-state index in [0.29, 0.717) is 0 Å². The van der Waals surface area contributed by atoms with E-state index in [1.165, 1.54) is 34.6 Å². The van der Waals surface area contributed by atoms with Crippen LogP contribution in [0, 0.1) is 6.92 Å². The SMILES string of the molecule is COc1ccc(CCN(C)C(C)(C)CC2(c3ccc(C)cc3)SCCCS2)cc1OC.Cl. The Morgan fingerprint density at radius 2 is 1.59 bits per heavy atom. The van der Waals surface area contributed by atoms with Gasteiger partial charge in [0.2, 0.25) is 0 Å². The topological polar surface area (TPSA) is 21.7 Å². The van der Waals surface area contributed by atoms with Crippen molar-refractivity contribution in [2.45, 2.75) is 49.7 Å². The first-order chi connectivity index (χ1) is 14.8. The summed E-state index contributed by atoms with van der Waals surface area (Å²) in [5.41, 5.74) is 4.15. The van der Waals surface area contributed by atoms with Crippen LogP contribution in [0.4, 0.5) is 0 Å². The molecule has 1 saturated heterocycles. The van der Waals surface area contributed by atoms with Crippen molar-refractivity contribution in [3.63, 3.8) is 0 Å². The van der Waals surface area contributed by atoms with Gasteiger partial charge in [0.1, 0.15) is 0 Å². The lowest BCUT2D eigenvalue weighted by molar-refractivity contribution is 0.143. The van der Waals surface area contributed by atoms with Crippen LogP contribution in [-0.4, -0.2) is 49.8 Å². The molecule has 3 rings (SSSR count). The molecule has 1 aliphatic heterocycles. The van der Waals surface area contributed by atoms with Crippen LogP contribution in [0.5, 0.6) is 11.5 Å². The Bertz CT molecular complexity index is 851. The van der Waals surface area contributed by atoms with Crippen molar-refractivity contribution in [1.29, 1.82) is 0 Å². The third kappa shape index (κ3) is 6.53. The molecule has 1 aliphatic rings. The number of aryl methyl sites for hydroxylation is 1. The molecular weight excluding hydrogens is 458 g/mol. The van der Waals surface area contributed by atoms with Gasteiger partial charge in [-0.3, -0.25) is 0 Å². The highest BCUT2D eigenvalue weighted by molar-refractivity contribution is 8.18. The van der Waals surface area contributed by atoms with E-state index in [0.717, 1.165) is 30.9 Å². The van der Waals surface area contributed by atoms with Crippen LogP contribution in [0.15, 0.2) is 42.5 Å². The molecule has 0 atom stereocenters. The van der Waals surface area contributed by atoms with Gasteiger partial charge in [-0.15, -0.1) is 35.9 Å². The first kappa shape index (κ1) is 27.2. The number of halogens is 1. The molecule has 178 valence electrons. The van der Waals surface area contributed by atoms with Crippen molar-refractivity contribution in [3.05, 3.63) is 59.2 Å². The van der Waals surface area contributed by atoms with Gasteiger partial charge >= 0.3 is 0 Å². The van der Waals surface area contributed by atoms with Gasteiger partial charge in [-0.05, 0) is 81.8 Å². The molecule has 32 heavy (non-hydrogen) atoms. The van der Waals surface area contributed by atoms with E-state index in [1.807, 2.05) is 6.07 Å². The predicted octanol–water partition coefficient (Wildman–Crippen LogP) is 6.80. The van der Waals surface area contributed by atoms with Crippen molar-refractivity contribution in [2.75, 3.05) is 39.3 Å². The normalized spacial score (nSPS) is 15.8. The number of nitrogens with zero attached hydrogens (tertiary/aromatic N) is 1. The van der Waals surface area contributed by atoms with Gasteiger partial charge in [-0.25, -0.2) is 0 Å². The first-order valence-corrected chi connectivity index (χ1v) is 13.0. The highest BCUT2D eigenvalue weighted by atomic mass is 35.5. The molecule has 2 aromatic rings. The van der Waals surface area contributed by atoms with Crippen LogP contribution in [0.1, 0.15) is 43.4 Å². The van der Waals surface area contributed by atoms with Gasteiger partial charge in [-0.2, -0.15) is 0 Å². The Morgan fingerprint density at radius 3 is 2.19 bits per heavy atom. The third-order valence-corrected chi connectivity index (χ3v) is 9.72. The summed E-state index contributed by atoms with van der Waals surface area (Å²) < 4.78 is 11.0. The summed E-state index contributed by atoms with van der Waals surface area (Å²) in [6.07, 6.45) is 3.41. The van der Waals surface area contributed by atoms with Crippen molar-refractivity contribution >= 4 is 35.9 Å². The maximum atomic E-state index is 5.48. The molecule has 1 fully saturated rings. The molecule has 0 amide bonds. The van der Waals surface area contributed by atoms with Gasteiger partial charge in [0.25, 0.3) is 0 Å². The second kappa shape index (κ2) is 11.9. The molecule has 6 heteroatoms. The second-order valence-corrected chi connectivity index (χ2v) is 12.1. The van der Waals surface area contributed by atoms with E-state index < -0.39 is 0 Å². The zero-order chi connectivity index (χ0) is 22.5. The van der Waals surface area contributed by atoms with Crippen LogP contribution >= 0.6 is 35.9 Å². The fourth-order valence-electron chi connectivity index (χ4n) is 4.09. The Labute approximate surface area is 209 Å². The molecule has 3 nitrogen and oxygen atoms in total. The lowest BCUT2D eigenvalue weighted by Gasteiger charge is -2.45. The number of likely N-dealkylation sites (N-methyl/N-ethyl adjacent to an activating group) is 1. The van der Waals surface area contributed by atoms with E-state index in [2.05, 4.69) is 92.6 Å². The van der Waals surface area contributed by atoms with Crippen molar-refractivity contribution in [3.8, 4) is 11.5 Å². The number of thioether (sulfide) groups is 2. The number of rotatable bonds is 9. The summed E-state index contributed by atoms with van der Waals surface area (Å²) in [5, 5.41) is 0. The molecule has 1 heterocycles. The van der Waals surface area contributed by atoms with Gasteiger partial charge < -0.3 is 14.4 Å². The molecule has 0 radical (unpaired) electrons. The third-order valence-electron chi connectivity index (χ3n) is 6.33. The van der Waals surface area contributed by atoms with Gasteiger partial charge in [0, 0.05) is 12.1 Å². The zero-order valence-electron chi connectivity index (χ0n) is 20.3. The van der Waals surface area contributed by atoms with Crippen LogP contribution in [0.2, 0.25) is 0 Å². The summed E-state index contributed by atoms with van der Waals surface area (Å²) >= 11 is 4.29. The highest BCUT2D eigenvalue weighted by Gasteiger charge is 2.41. The van der Waals surface area contributed by atoms with E-state index in [9.17, 15) is 0 Å². The quantitative estimate of drug-likeness (QED) is 0.380.